The fraction of sp³-hybridized carbons (Fsp3) is 0.550. The Morgan fingerprint density at radius 1 is 1.09 bits per heavy atom. The largest absolute Gasteiger partial charge is 0.491 e. The molecule has 0 radical (unpaired) electrons. The van der Waals surface area contributed by atoms with Crippen LogP contribution in [0.5, 0.6) is 5.75 Å². The van der Waals surface area contributed by atoms with Crippen LogP contribution < -0.4 is 4.74 Å². The van der Waals surface area contributed by atoms with Gasteiger partial charge in [0.2, 0.25) is 0 Å². The number of quaternary nitrogens is 1. The molecule has 0 unspecified atom stereocenters. The van der Waals surface area contributed by atoms with Crippen molar-refractivity contribution in [2.45, 2.75) is 38.1 Å². The third kappa shape index (κ3) is 2.83. The molecule has 4 rings (SSSR count). The van der Waals surface area contributed by atoms with Crippen molar-refractivity contribution < 1.29 is 9.22 Å². The molecule has 3 heterocycles. The number of hydrogen-bond acceptors (Lipinski definition) is 2. The van der Waals surface area contributed by atoms with Crippen LogP contribution in [0.4, 0.5) is 0 Å². The molecule has 1 aromatic carbocycles. The Morgan fingerprint density at radius 3 is 2.91 bits per heavy atom. The summed E-state index contributed by atoms with van der Waals surface area (Å²) < 4.78 is 7.56. The van der Waals surface area contributed by atoms with Crippen molar-refractivity contribution in [3.05, 3.63) is 36.5 Å². The highest BCUT2D eigenvalue weighted by Crippen LogP contribution is 2.36. The summed E-state index contributed by atoms with van der Waals surface area (Å²) in [7, 11) is 2.47. The molecule has 2 aliphatic rings. The Balaban J connectivity index is 1.51. The molecule has 0 amide bonds. The maximum absolute atomic E-state index is 6.28. The molecule has 0 bridgehead atoms. The second-order valence-corrected chi connectivity index (χ2v) is 7.53. The van der Waals surface area contributed by atoms with Gasteiger partial charge in [0.25, 0.3) is 0 Å². The van der Waals surface area contributed by atoms with Gasteiger partial charge in [-0.15, -0.1) is 0 Å². The second-order valence-electron chi connectivity index (χ2n) is 7.53. The molecular formula is C20H27N2O+. The Hall–Kier alpha value is -1.61. The van der Waals surface area contributed by atoms with Crippen molar-refractivity contribution >= 4 is 10.9 Å². The van der Waals surface area contributed by atoms with Crippen molar-refractivity contribution in [2.75, 3.05) is 26.7 Å². The van der Waals surface area contributed by atoms with Gasteiger partial charge < -0.3 is 9.22 Å². The molecule has 3 heteroatoms. The van der Waals surface area contributed by atoms with E-state index in [2.05, 4.69) is 36.3 Å². The van der Waals surface area contributed by atoms with Gasteiger partial charge in [-0.25, -0.2) is 0 Å². The van der Waals surface area contributed by atoms with E-state index < -0.39 is 0 Å². The smallest absolute Gasteiger partial charge is 0.145 e. The molecule has 0 saturated carbocycles. The Kier molecular flexibility index (Phi) is 3.98. The molecule has 0 spiro atoms. The van der Waals surface area contributed by atoms with Gasteiger partial charge in [0.05, 0.1) is 32.8 Å². The van der Waals surface area contributed by atoms with Crippen LogP contribution in [0.1, 0.15) is 32.1 Å². The van der Waals surface area contributed by atoms with Gasteiger partial charge in [0.1, 0.15) is 11.3 Å². The van der Waals surface area contributed by atoms with Gasteiger partial charge in [-0.2, -0.15) is 0 Å². The predicted molar refractivity (Wildman–Crippen MR) is 93.5 cm³/mol. The molecule has 2 aliphatic heterocycles. The molecule has 2 aromatic rings. The maximum atomic E-state index is 6.28. The van der Waals surface area contributed by atoms with E-state index in [1.165, 1.54) is 49.7 Å². The molecule has 3 nitrogen and oxygen atoms in total. The van der Waals surface area contributed by atoms with E-state index in [1.54, 1.807) is 0 Å². The number of pyridine rings is 1. The highest BCUT2D eigenvalue weighted by atomic mass is 16.5. The summed E-state index contributed by atoms with van der Waals surface area (Å²) in [6, 6.07) is 11.1. The number of benzene rings is 1. The second kappa shape index (κ2) is 6.12. The van der Waals surface area contributed by atoms with Gasteiger partial charge >= 0.3 is 0 Å². The summed E-state index contributed by atoms with van der Waals surface area (Å²) in [5.74, 6) is 1.63. The summed E-state index contributed by atoms with van der Waals surface area (Å²) >= 11 is 0. The first-order chi connectivity index (χ1) is 11.3. The SMILES string of the molecule is C[N@+]12CCCC[C@@H]1[C@H](COc1cccc3cccnc13)CCC2. The monoisotopic (exact) mass is 311 g/mol. The lowest BCUT2D eigenvalue weighted by molar-refractivity contribution is -0.947. The topological polar surface area (TPSA) is 22.1 Å². The normalized spacial score (nSPS) is 30.8. The van der Waals surface area contributed by atoms with Crippen molar-refractivity contribution in [3.8, 4) is 5.75 Å². The number of nitrogens with zero attached hydrogens (tertiary/aromatic N) is 2. The number of para-hydroxylation sites is 1. The third-order valence-electron chi connectivity index (χ3n) is 6.06. The maximum Gasteiger partial charge on any atom is 0.145 e. The number of fused-ring (bicyclic) bond motifs is 2. The Labute approximate surface area is 138 Å². The lowest BCUT2D eigenvalue weighted by Crippen LogP contribution is -2.61. The van der Waals surface area contributed by atoms with Crippen LogP contribution in [0.25, 0.3) is 10.9 Å². The zero-order valence-corrected chi connectivity index (χ0v) is 14.1. The molecule has 23 heavy (non-hydrogen) atoms. The van der Waals surface area contributed by atoms with Crippen LogP contribution in [-0.2, 0) is 0 Å². The Morgan fingerprint density at radius 2 is 1.96 bits per heavy atom. The van der Waals surface area contributed by atoms with E-state index in [1.807, 2.05) is 12.3 Å². The number of hydrogen-bond donors (Lipinski definition) is 0. The Bertz CT molecular complexity index is 677. The number of rotatable bonds is 3. The number of aromatic nitrogens is 1. The van der Waals surface area contributed by atoms with Crippen LogP contribution in [0.2, 0.25) is 0 Å². The molecule has 1 aromatic heterocycles. The molecule has 0 N–H and O–H groups in total. The van der Waals surface area contributed by atoms with Crippen molar-refractivity contribution in [3.63, 3.8) is 0 Å². The minimum atomic E-state index is 0.688. The predicted octanol–water partition coefficient (Wildman–Crippen LogP) is 4.02. The van der Waals surface area contributed by atoms with Crippen molar-refractivity contribution in [1.82, 2.24) is 4.98 Å². The standard InChI is InChI=1S/C20H27N2O/c1-22-13-3-2-10-18(22)17(9-6-14-22)15-23-19-11-4-7-16-8-5-12-21-20(16)19/h4-5,7-8,11-12,17-18H,2-3,6,9-10,13-15H2,1H3/q+1/t17-,18+,22+/m0/s1. The van der Waals surface area contributed by atoms with Gasteiger partial charge in [0, 0.05) is 23.9 Å². The van der Waals surface area contributed by atoms with Gasteiger partial charge in [-0.1, -0.05) is 18.2 Å². The van der Waals surface area contributed by atoms with E-state index in [0.717, 1.165) is 29.3 Å². The van der Waals surface area contributed by atoms with Crippen molar-refractivity contribution in [1.29, 1.82) is 0 Å². The summed E-state index contributed by atoms with van der Waals surface area (Å²) in [6.07, 6.45) is 8.67. The van der Waals surface area contributed by atoms with Crippen LogP contribution in [0, 0.1) is 5.92 Å². The van der Waals surface area contributed by atoms with Crippen LogP contribution >= 0.6 is 0 Å². The fourth-order valence-electron chi connectivity index (χ4n) is 4.82. The quantitative estimate of drug-likeness (QED) is 0.799. The van der Waals surface area contributed by atoms with Crippen molar-refractivity contribution in [2.24, 2.45) is 5.92 Å². The van der Waals surface area contributed by atoms with Crippen LogP contribution in [-0.4, -0.2) is 42.3 Å². The van der Waals surface area contributed by atoms with E-state index in [4.69, 9.17) is 4.74 Å². The van der Waals surface area contributed by atoms with Gasteiger partial charge in [0.15, 0.2) is 0 Å². The molecule has 122 valence electrons. The molecule has 2 fully saturated rings. The van der Waals surface area contributed by atoms with E-state index in [-0.39, 0.29) is 0 Å². The zero-order chi connectivity index (χ0) is 15.7. The van der Waals surface area contributed by atoms with Gasteiger partial charge in [-0.3, -0.25) is 4.98 Å². The summed E-state index contributed by atoms with van der Waals surface area (Å²) in [5.41, 5.74) is 0.992. The van der Waals surface area contributed by atoms with E-state index in [0.29, 0.717) is 5.92 Å². The highest BCUT2D eigenvalue weighted by molar-refractivity contribution is 5.84. The summed E-state index contributed by atoms with van der Waals surface area (Å²) in [4.78, 5) is 4.51. The number of ether oxygens (including phenoxy) is 1. The molecular weight excluding hydrogens is 284 g/mol. The minimum absolute atomic E-state index is 0.688. The fourth-order valence-corrected chi connectivity index (χ4v) is 4.82. The van der Waals surface area contributed by atoms with Gasteiger partial charge in [-0.05, 0) is 37.8 Å². The van der Waals surface area contributed by atoms with E-state index >= 15 is 0 Å². The highest BCUT2D eigenvalue weighted by Gasteiger charge is 2.43. The molecule has 2 saturated heterocycles. The number of piperidine rings is 2. The summed E-state index contributed by atoms with van der Waals surface area (Å²) in [6.45, 7) is 3.56. The molecule has 3 atom stereocenters. The zero-order valence-electron chi connectivity index (χ0n) is 14.1. The molecule has 0 aliphatic carbocycles. The van der Waals surface area contributed by atoms with Crippen LogP contribution in [0.15, 0.2) is 36.5 Å². The minimum Gasteiger partial charge on any atom is -0.491 e. The average Bonchev–Trinajstić information content (AvgIpc) is 2.59. The van der Waals surface area contributed by atoms with E-state index in [9.17, 15) is 0 Å². The average molecular weight is 311 g/mol. The first kappa shape index (κ1) is 14.9. The first-order valence-corrected chi connectivity index (χ1v) is 9.07. The lowest BCUT2D eigenvalue weighted by atomic mass is 9.82. The van der Waals surface area contributed by atoms with Crippen LogP contribution in [0.3, 0.4) is 0 Å². The third-order valence-corrected chi connectivity index (χ3v) is 6.06. The first-order valence-electron chi connectivity index (χ1n) is 9.07. The summed E-state index contributed by atoms with van der Waals surface area (Å²) in [5, 5.41) is 1.16. The lowest BCUT2D eigenvalue weighted by Gasteiger charge is -2.51.